The Morgan fingerprint density at radius 1 is 1.53 bits per heavy atom. The van der Waals surface area contributed by atoms with E-state index < -0.39 is 0 Å². The topological polar surface area (TPSA) is 67.0 Å². The van der Waals surface area contributed by atoms with Crippen molar-refractivity contribution in [2.45, 2.75) is 13.5 Å². The first kappa shape index (κ1) is 13.6. The van der Waals surface area contributed by atoms with Crippen LogP contribution in [0.15, 0.2) is 35.1 Å². The molecular formula is C13H14BrN3O2. The van der Waals surface area contributed by atoms with Gasteiger partial charge in [-0.1, -0.05) is 0 Å². The minimum atomic E-state index is -0.319. The van der Waals surface area contributed by atoms with Gasteiger partial charge in [0.25, 0.3) is 0 Å². The molecule has 100 valence electrons. The highest BCUT2D eigenvalue weighted by Gasteiger charge is 2.09. The van der Waals surface area contributed by atoms with Gasteiger partial charge in [-0.3, -0.25) is 0 Å². The number of halogens is 1. The van der Waals surface area contributed by atoms with E-state index in [1.807, 2.05) is 6.07 Å². The van der Waals surface area contributed by atoms with Crippen LogP contribution in [0.3, 0.4) is 0 Å². The molecule has 0 saturated heterocycles. The number of carbonyl (C=O) groups excluding carboxylic acids is 1. The van der Waals surface area contributed by atoms with Crippen LogP contribution in [0.4, 0.5) is 5.69 Å². The Morgan fingerprint density at radius 2 is 2.37 bits per heavy atom. The first-order valence-corrected chi connectivity index (χ1v) is 6.68. The second-order valence-corrected chi connectivity index (χ2v) is 4.66. The molecule has 19 heavy (non-hydrogen) atoms. The summed E-state index contributed by atoms with van der Waals surface area (Å²) in [7, 11) is 0. The first-order valence-electron chi connectivity index (χ1n) is 5.89. The molecule has 0 saturated carbocycles. The predicted molar refractivity (Wildman–Crippen MR) is 76.0 cm³/mol. The van der Waals surface area contributed by atoms with E-state index >= 15 is 0 Å². The van der Waals surface area contributed by atoms with Gasteiger partial charge in [0.15, 0.2) is 0 Å². The van der Waals surface area contributed by atoms with Crippen molar-refractivity contribution in [1.82, 2.24) is 9.97 Å². The van der Waals surface area contributed by atoms with Gasteiger partial charge in [-0.05, 0) is 41.1 Å². The van der Waals surface area contributed by atoms with E-state index in [9.17, 15) is 4.79 Å². The number of nitrogens with one attached hydrogen (secondary N) is 2. The molecule has 0 amide bonds. The summed E-state index contributed by atoms with van der Waals surface area (Å²) in [6.07, 6.45) is 3.48. The molecular weight excluding hydrogens is 310 g/mol. The van der Waals surface area contributed by atoms with Gasteiger partial charge in [-0.15, -0.1) is 0 Å². The average molecular weight is 324 g/mol. The fourth-order valence-corrected chi connectivity index (χ4v) is 2.09. The molecule has 0 aliphatic heterocycles. The summed E-state index contributed by atoms with van der Waals surface area (Å²) in [4.78, 5) is 18.7. The van der Waals surface area contributed by atoms with Crippen molar-refractivity contribution in [2.75, 3.05) is 11.9 Å². The van der Waals surface area contributed by atoms with Gasteiger partial charge in [0.1, 0.15) is 5.82 Å². The molecule has 1 aromatic carbocycles. The van der Waals surface area contributed by atoms with E-state index in [4.69, 9.17) is 4.74 Å². The smallest absolute Gasteiger partial charge is 0.338 e. The molecule has 0 fully saturated rings. The Labute approximate surface area is 119 Å². The third-order valence-electron chi connectivity index (χ3n) is 2.48. The first-order chi connectivity index (χ1) is 9.20. The Morgan fingerprint density at radius 3 is 3.00 bits per heavy atom. The Hall–Kier alpha value is -1.82. The summed E-state index contributed by atoms with van der Waals surface area (Å²) in [6.45, 7) is 2.74. The molecule has 1 heterocycles. The third kappa shape index (κ3) is 3.57. The predicted octanol–water partition coefficient (Wildman–Crippen LogP) is 2.96. The van der Waals surface area contributed by atoms with E-state index in [0.717, 1.165) is 16.0 Å². The molecule has 0 spiro atoms. The van der Waals surface area contributed by atoms with Gasteiger partial charge in [0.2, 0.25) is 0 Å². The van der Waals surface area contributed by atoms with Crippen molar-refractivity contribution in [3.63, 3.8) is 0 Å². The van der Waals surface area contributed by atoms with Crippen molar-refractivity contribution in [3.05, 3.63) is 46.5 Å². The van der Waals surface area contributed by atoms with Gasteiger partial charge in [-0.2, -0.15) is 0 Å². The summed E-state index contributed by atoms with van der Waals surface area (Å²) in [5.41, 5.74) is 1.42. The summed E-state index contributed by atoms with van der Waals surface area (Å²) in [5, 5.41) is 3.22. The van der Waals surface area contributed by atoms with Crippen LogP contribution in [0.25, 0.3) is 0 Å². The van der Waals surface area contributed by atoms with E-state index in [1.165, 1.54) is 0 Å². The van der Waals surface area contributed by atoms with Crippen LogP contribution >= 0.6 is 15.9 Å². The zero-order valence-corrected chi connectivity index (χ0v) is 12.0. The van der Waals surface area contributed by atoms with E-state index in [0.29, 0.717) is 18.7 Å². The van der Waals surface area contributed by atoms with E-state index in [-0.39, 0.29) is 5.97 Å². The minimum absolute atomic E-state index is 0.319. The Balaban J connectivity index is 2.04. The number of hydrogen-bond acceptors (Lipinski definition) is 4. The molecule has 2 aromatic rings. The number of H-pyrrole nitrogens is 1. The number of esters is 1. The number of hydrogen-bond donors (Lipinski definition) is 2. The van der Waals surface area contributed by atoms with Gasteiger partial charge in [0, 0.05) is 22.6 Å². The summed E-state index contributed by atoms with van der Waals surface area (Å²) in [5.74, 6) is 0.530. The molecule has 0 unspecified atom stereocenters. The molecule has 0 aliphatic carbocycles. The molecule has 2 rings (SSSR count). The number of nitrogens with zero attached hydrogens (tertiary/aromatic N) is 1. The van der Waals surface area contributed by atoms with Gasteiger partial charge in [0.05, 0.1) is 18.7 Å². The Kier molecular flexibility index (Phi) is 4.57. The van der Waals surface area contributed by atoms with Crippen LogP contribution in [0.5, 0.6) is 0 Å². The van der Waals surface area contributed by atoms with Crippen LogP contribution in [-0.2, 0) is 11.3 Å². The molecule has 1 aromatic heterocycles. The van der Waals surface area contributed by atoms with E-state index in [2.05, 4.69) is 31.2 Å². The van der Waals surface area contributed by atoms with Crippen molar-refractivity contribution in [3.8, 4) is 0 Å². The highest BCUT2D eigenvalue weighted by Crippen LogP contribution is 2.24. The van der Waals surface area contributed by atoms with Crippen molar-refractivity contribution >= 4 is 27.6 Å². The number of anilines is 1. The number of carbonyl (C=O) groups is 1. The number of aromatic amines is 1. The lowest BCUT2D eigenvalue weighted by atomic mass is 10.2. The van der Waals surface area contributed by atoms with Crippen LogP contribution < -0.4 is 5.32 Å². The molecule has 0 bridgehead atoms. The minimum Gasteiger partial charge on any atom is -0.462 e. The van der Waals surface area contributed by atoms with Gasteiger partial charge in [-0.25, -0.2) is 9.78 Å². The molecule has 5 nitrogen and oxygen atoms in total. The second kappa shape index (κ2) is 6.38. The molecule has 0 aliphatic rings. The van der Waals surface area contributed by atoms with Crippen LogP contribution in [-0.4, -0.2) is 22.5 Å². The largest absolute Gasteiger partial charge is 0.462 e. The summed E-state index contributed by atoms with van der Waals surface area (Å²) >= 11 is 3.43. The van der Waals surface area contributed by atoms with Gasteiger partial charge >= 0.3 is 5.97 Å². The SMILES string of the molecule is CCOC(=O)c1ccc(NCc2ncc[nH]2)c(Br)c1. The molecule has 0 atom stereocenters. The average Bonchev–Trinajstić information content (AvgIpc) is 2.90. The number of rotatable bonds is 5. The Bertz CT molecular complexity index is 555. The monoisotopic (exact) mass is 323 g/mol. The lowest BCUT2D eigenvalue weighted by Gasteiger charge is -2.09. The van der Waals surface area contributed by atoms with Crippen molar-refractivity contribution in [2.24, 2.45) is 0 Å². The summed E-state index contributed by atoms with van der Waals surface area (Å²) in [6, 6.07) is 5.30. The quantitative estimate of drug-likeness (QED) is 0.830. The normalized spacial score (nSPS) is 10.2. The van der Waals surface area contributed by atoms with Gasteiger partial charge < -0.3 is 15.0 Å². The number of aromatic nitrogens is 2. The van der Waals surface area contributed by atoms with E-state index in [1.54, 1.807) is 31.5 Å². The maximum Gasteiger partial charge on any atom is 0.338 e. The maximum absolute atomic E-state index is 11.6. The summed E-state index contributed by atoms with van der Waals surface area (Å²) < 4.78 is 5.76. The maximum atomic E-state index is 11.6. The van der Waals surface area contributed by atoms with Crippen LogP contribution in [0.1, 0.15) is 23.1 Å². The highest BCUT2D eigenvalue weighted by atomic mass is 79.9. The molecule has 6 heteroatoms. The fourth-order valence-electron chi connectivity index (χ4n) is 1.57. The lowest BCUT2D eigenvalue weighted by molar-refractivity contribution is 0.0526. The fraction of sp³-hybridized carbons (Fsp3) is 0.231. The number of imidazole rings is 1. The molecule has 0 radical (unpaired) electrons. The number of ether oxygens (including phenoxy) is 1. The number of benzene rings is 1. The zero-order valence-electron chi connectivity index (χ0n) is 10.4. The zero-order chi connectivity index (χ0) is 13.7. The second-order valence-electron chi connectivity index (χ2n) is 3.80. The molecule has 2 N–H and O–H groups in total. The van der Waals surface area contributed by atoms with Crippen LogP contribution in [0, 0.1) is 0 Å². The van der Waals surface area contributed by atoms with Crippen molar-refractivity contribution in [1.29, 1.82) is 0 Å². The van der Waals surface area contributed by atoms with Crippen molar-refractivity contribution < 1.29 is 9.53 Å². The third-order valence-corrected chi connectivity index (χ3v) is 3.14. The highest BCUT2D eigenvalue weighted by molar-refractivity contribution is 9.10. The van der Waals surface area contributed by atoms with Crippen LogP contribution in [0.2, 0.25) is 0 Å². The lowest BCUT2D eigenvalue weighted by Crippen LogP contribution is -2.06. The standard InChI is InChI=1S/C13H14BrN3O2/c1-2-19-13(18)9-3-4-11(10(14)7-9)17-8-12-15-5-6-16-12/h3-7,17H,2,8H2,1H3,(H,15,16).